The highest BCUT2D eigenvalue weighted by Gasteiger charge is 2.30. The van der Waals surface area contributed by atoms with Crippen molar-refractivity contribution in [2.75, 3.05) is 27.3 Å². The molecule has 1 N–H and O–H groups in total. The van der Waals surface area contributed by atoms with Gasteiger partial charge in [-0.15, -0.1) is 0 Å². The summed E-state index contributed by atoms with van der Waals surface area (Å²) in [7, 11) is 3.13. The van der Waals surface area contributed by atoms with Crippen LogP contribution in [0.3, 0.4) is 0 Å². The second-order valence-electron chi connectivity index (χ2n) is 9.47. The zero-order valence-corrected chi connectivity index (χ0v) is 21.9. The van der Waals surface area contributed by atoms with Gasteiger partial charge in [0.2, 0.25) is 5.91 Å². The van der Waals surface area contributed by atoms with Crippen LogP contribution in [0.25, 0.3) is 0 Å². The number of carbonyl (C=O) groups is 2. The van der Waals surface area contributed by atoms with E-state index in [4.69, 9.17) is 14.2 Å². The van der Waals surface area contributed by atoms with Crippen LogP contribution in [0.5, 0.6) is 0 Å². The number of alkyl carbamates (subject to hydrolysis) is 1. The minimum atomic E-state index is -0.640. The number of nitrogens with one attached hydrogen (secondary N) is 1. The van der Waals surface area contributed by atoms with Crippen LogP contribution in [-0.2, 0) is 31.8 Å². The zero-order valence-electron chi connectivity index (χ0n) is 21.9. The molecule has 2 aromatic rings. The molecule has 0 heterocycles. The van der Waals surface area contributed by atoms with Crippen molar-refractivity contribution < 1.29 is 28.2 Å². The van der Waals surface area contributed by atoms with E-state index in [0.717, 1.165) is 36.8 Å². The molecule has 7 nitrogen and oxygen atoms in total. The summed E-state index contributed by atoms with van der Waals surface area (Å²) in [6.45, 7) is 0.625. The molecule has 0 aromatic heterocycles. The maximum atomic E-state index is 13.6. The third-order valence-corrected chi connectivity index (χ3v) is 6.76. The van der Waals surface area contributed by atoms with Crippen molar-refractivity contribution in [2.24, 2.45) is 0 Å². The summed E-state index contributed by atoms with van der Waals surface area (Å²) in [6, 6.07) is 16.1. The summed E-state index contributed by atoms with van der Waals surface area (Å²) < 4.78 is 29.9. The Kier molecular flexibility index (Phi) is 11.8. The van der Waals surface area contributed by atoms with Gasteiger partial charge >= 0.3 is 6.09 Å². The van der Waals surface area contributed by atoms with Gasteiger partial charge in [0.15, 0.2) is 6.29 Å². The van der Waals surface area contributed by atoms with Gasteiger partial charge in [-0.05, 0) is 42.5 Å². The Hall–Kier alpha value is -2.97. The van der Waals surface area contributed by atoms with E-state index in [9.17, 15) is 14.0 Å². The molecule has 0 aliphatic heterocycles. The minimum absolute atomic E-state index is 0.0584. The third-order valence-electron chi connectivity index (χ3n) is 6.76. The maximum Gasteiger partial charge on any atom is 0.407 e. The third kappa shape index (κ3) is 9.78. The van der Waals surface area contributed by atoms with E-state index >= 15 is 0 Å². The molecule has 2 amide bonds. The lowest BCUT2D eigenvalue weighted by molar-refractivity contribution is -0.152. The van der Waals surface area contributed by atoms with Gasteiger partial charge in [0, 0.05) is 33.2 Å². The first-order valence-corrected chi connectivity index (χ1v) is 13.1. The van der Waals surface area contributed by atoms with Crippen molar-refractivity contribution in [2.45, 2.75) is 69.8 Å². The smallest absolute Gasteiger partial charge is 0.407 e. The van der Waals surface area contributed by atoms with Crippen LogP contribution in [0, 0.1) is 5.82 Å². The van der Waals surface area contributed by atoms with E-state index < -0.39 is 18.5 Å². The Morgan fingerprint density at radius 2 is 1.70 bits per heavy atom. The van der Waals surface area contributed by atoms with Crippen LogP contribution < -0.4 is 5.32 Å². The van der Waals surface area contributed by atoms with E-state index in [-0.39, 0.29) is 24.2 Å². The summed E-state index contributed by atoms with van der Waals surface area (Å²) in [5.74, 6) is -0.396. The molecular formula is C29H39FN2O5. The van der Waals surface area contributed by atoms with E-state index in [2.05, 4.69) is 5.32 Å². The first kappa shape index (κ1) is 28.6. The zero-order chi connectivity index (χ0) is 26.5. The monoisotopic (exact) mass is 514 g/mol. The predicted molar refractivity (Wildman–Crippen MR) is 140 cm³/mol. The number of rotatable bonds is 13. The molecule has 202 valence electrons. The van der Waals surface area contributed by atoms with Crippen molar-refractivity contribution in [1.82, 2.24) is 10.2 Å². The number of methoxy groups -OCH3 is 2. The van der Waals surface area contributed by atoms with Gasteiger partial charge in [-0.2, -0.15) is 0 Å². The van der Waals surface area contributed by atoms with E-state index in [1.54, 1.807) is 26.4 Å². The van der Waals surface area contributed by atoms with Gasteiger partial charge < -0.3 is 24.4 Å². The van der Waals surface area contributed by atoms with E-state index in [1.807, 2.05) is 35.2 Å². The molecule has 0 spiro atoms. The number of benzene rings is 2. The topological polar surface area (TPSA) is 77.1 Å². The fourth-order valence-corrected chi connectivity index (χ4v) is 4.79. The van der Waals surface area contributed by atoms with Crippen molar-refractivity contribution in [3.63, 3.8) is 0 Å². The number of hydrogen-bond donors (Lipinski definition) is 1. The quantitative estimate of drug-likeness (QED) is 0.386. The second-order valence-corrected chi connectivity index (χ2v) is 9.47. The molecule has 3 rings (SSSR count). The predicted octanol–water partition coefficient (Wildman–Crippen LogP) is 4.88. The molecule has 8 heteroatoms. The largest absolute Gasteiger partial charge is 0.445 e. The summed E-state index contributed by atoms with van der Waals surface area (Å²) in [5.41, 5.74) is 1.76. The van der Waals surface area contributed by atoms with Crippen molar-refractivity contribution in [3.8, 4) is 0 Å². The molecule has 1 fully saturated rings. The second kappa shape index (κ2) is 15.3. The normalized spacial score (nSPS) is 14.8. The lowest BCUT2D eigenvalue weighted by Gasteiger charge is -2.36. The Balaban J connectivity index is 1.65. The van der Waals surface area contributed by atoms with E-state index in [0.29, 0.717) is 25.9 Å². The number of nitrogens with zero attached hydrogens (tertiary/aromatic N) is 1. The maximum absolute atomic E-state index is 13.6. The number of hydrogen-bond acceptors (Lipinski definition) is 5. The molecule has 1 aliphatic carbocycles. The fourth-order valence-electron chi connectivity index (χ4n) is 4.79. The standard InChI is InChI=1S/C29H39FN2O5/c1-35-28(36-2)21-32(25-14-7-4-8-15-25)27(33)20-26(19-22-10-5-3-6-11-22)37-29(34)31-17-16-23-12-9-13-24(30)18-23/h3,5-6,9-13,18,25-26,28H,4,7-8,14-17,19-21H2,1-2H3,(H,31,34). The molecule has 2 aromatic carbocycles. The molecule has 1 aliphatic rings. The molecule has 37 heavy (non-hydrogen) atoms. The molecule has 0 bridgehead atoms. The van der Waals surface area contributed by atoms with Crippen LogP contribution in [-0.4, -0.2) is 62.6 Å². The minimum Gasteiger partial charge on any atom is -0.445 e. The van der Waals surface area contributed by atoms with Gasteiger partial charge in [-0.1, -0.05) is 61.7 Å². The Labute approximate surface area is 219 Å². The Morgan fingerprint density at radius 1 is 1.00 bits per heavy atom. The van der Waals surface area contributed by atoms with Crippen LogP contribution in [0.15, 0.2) is 54.6 Å². The van der Waals surface area contributed by atoms with Crippen molar-refractivity contribution >= 4 is 12.0 Å². The number of ether oxygens (including phenoxy) is 3. The molecule has 1 saturated carbocycles. The Morgan fingerprint density at radius 3 is 2.38 bits per heavy atom. The van der Waals surface area contributed by atoms with Crippen LogP contribution in [0.4, 0.5) is 9.18 Å². The fraction of sp³-hybridized carbons (Fsp3) is 0.517. The van der Waals surface area contributed by atoms with Gasteiger partial charge in [0.05, 0.1) is 13.0 Å². The lowest BCUT2D eigenvalue weighted by Crippen LogP contribution is -2.47. The SMILES string of the molecule is COC(CN(C(=O)CC(Cc1ccccc1)OC(=O)NCCc1cccc(F)c1)C1CCCCC1)OC. The summed E-state index contributed by atoms with van der Waals surface area (Å²) in [6.07, 6.45) is 4.40. The summed E-state index contributed by atoms with van der Waals surface area (Å²) in [4.78, 5) is 28.1. The van der Waals surface area contributed by atoms with Crippen molar-refractivity contribution in [1.29, 1.82) is 0 Å². The Bertz CT molecular complexity index is 964. The van der Waals surface area contributed by atoms with Gasteiger partial charge in [-0.25, -0.2) is 9.18 Å². The summed E-state index contributed by atoms with van der Waals surface area (Å²) >= 11 is 0. The lowest BCUT2D eigenvalue weighted by atomic mass is 9.93. The van der Waals surface area contributed by atoms with Crippen LogP contribution in [0.1, 0.15) is 49.7 Å². The van der Waals surface area contributed by atoms with E-state index in [1.165, 1.54) is 18.6 Å². The molecule has 1 unspecified atom stereocenters. The highest BCUT2D eigenvalue weighted by Crippen LogP contribution is 2.25. The highest BCUT2D eigenvalue weighted by atomic mass is 19.1. The van der Waals surface area contributed by atoms with Crippen molar-refractivity contribution in [3.05, 3.63) is 71.5 Å². The average molecular weight is 515 g/mol. The highest BCUT2D eigenvalue weighted by molar-refractivity contribution is 5.78. The van der Waals surface area contributed by atoms with Gasteiger partial charge in [0.25, 0.3) is 0 Å². The van der Waals surface area contributed by atoms with Crippen LogP contribution in [0.2, 0.25) is 0 Å². The van der Waals surface area contributed by atoms with Gasteiger partial charge in [-0.3, -0.25) is 4.79 Å². The van der Waals surface area contributed by atoms with Crippen LogP contribution >= 0.6 is 0 Å². The summed E-state index contributed by atoms with van der Waals surface area (Å²) in [5, 5.41) is 2.73. The molecular weight excluding hydrogens is 475 g/mol. The van der Waals surface area contributed by atoms with Gasteiger partial charge in [0.1, 0.15) is 11.9 Å². The molecule has 0 saturated heterocycles. The number of carbonyl (C=O) groups excluding carboxylic acids is 2. The number of halogens is 1. The average Bonchev–Trinajstić information content (AvgIpc) is 2.90. The first-order valence-electron chi connectivity index (χ1n) is 13.1. The molecule has 0 radical (unpaired) electrons. The molecule has 1 atom stereocenters. The number of amides is 2. The first-order chi connectivity index (χ1) is 18.0.